The zero-order chi connectivity index (χ0) is 17.6. The Morgan fingerprint density at radius 2 is 1.76 bits per heavy atom. The fourth-order valence-electron chi connectivity index (χ4n) is 3.80. The van der Waals surface area contributed by atoms with Crippen LogP contribution >= 0.6 is 0 Å². The molecule has 140 valence electrons. The number of rotatable bonds is 6. The number of hydrogen-bond donors (Lipinski definition) is 3. The molecular formula is C19H30N2O4. The van der Waals surface area contributed by atoms with E-state index in [9.17, 15) is 14.7 Å². The molecule has 3 rings (SSSR count). The summed E-state index contributed by atoms with van der Waals surface area (Å²) in [6.45, 7) is -0.180. The summed E-state index contributed by atoms with van der Waals surface area (Å²) in [6.07, 6.45) is 11.8. The van der Waals surface area contributed by atoms with E-state index in [1.807, 2.05) is 12.2 Å². The molecule has 0 saturated heterocycles. The van der Waals surface area contributed by atoms with Crippen LogP contribution in [0.4, 0.5) is 0 Å². The first-order valence-electron chi connectivity index (χ1n) is 9.70. The first-order valence-corrected chi connectivity index (χ1v) is 9.70. The van der Waals surface area contributed by atoms with Crippen LogP contribution in [0.15, 0.2) is 12.2 Å². The first-order chi connectivity index (χ1) is 12.2. The third-order valence-corrected chi connectivity index (χ3v) is 5.60. The fourth-order valence-corrected chi connectivity index (χ4v) is 3.80. The minimum absolute atomic E-state index is 0.00445. The van der Waals surface area contributed by atoms with Gasteiger partial charge in [0.15, 0.2) is 0 Å². The molecule has 1 aliphatic heterocycles. The summed E-state index contributed by atoms with van der Waals surface area (Å²) in [5.41, 5.74) is 0. The smallest absolute Gasteiger partial charge is 0.223 e. The molecule has 2 amide bonds. The van der Waals surface area contributed by atoms with Crippen molar-refractivity contribution in [2.75, 3.05) is 6.61 Å². The average Bonchev–Trinajstić information content (AvgIpc) is 2.55. The first kappa shape index (κ1) is 18.4. The molecule has 0 aromatic carbocycles. The number of amides is 2. The Bertz CT molecular complexity index is 498. The lowest BCUT2D eigenvalue weighted by Gasteiger charge is -2.34. The highest BCUT2D eigenvalue weighted by Gasteiger charge is 2.32. The van der Waals surface area contributed by atoms with Gasteiger partial charge in [-0.3, -0.25) is 9.59 Å². The minimum atomic E-state index is -0.499. The molecule has 6 nitrogen and oxygen atoms in total. The van der Waals surface area contributed by atoms with Crippen LogP contribution in [-0.4, -0.2) is 47.8 Å². The van der Waals surface area contributed by atoms with Gasteiger partial charge in [0, 0.05) is 12.0 Å². The van der Waals surface area contributed by atoms with Crippen molar-refractivity contribution >= 4 is 11.8 Å². The molecule has 0 bridgehead atoms. The Labute approximate surface area is 149 Å². The van der Waals surface area contributed by atoms with Crippen LogP contribution in [0.25, 0.3) is 0 Å². The molecule has 3 N–H and O–H groups in total. The van der Waals surface area contributed by atoms with E-state index < -0.39 is 6.10 Å². The van der Waals surface area contributed by atoms with E-state index in [1.165, 1.54) is 19.3 Å². The van der Waals surface area contributed by atoms with Crippen LogP contribution in [0.3, 0.4) is 0 Å². The van der Waals surface area contributed by atoms with Gasteiger partial charge >= 0.3 is 0 Å². The highest BCUT2D eigenvalue weighted by atomic mass is 16.5. The largest absolute Gasteiger partial charge is 0.394 e. The van der Waals surface area contributed by atoms with Gasteiger partial charge < -0.3 is 20.5 Å². The van der Waals surface area contributed by atoms with Crippen LogP contribution in [0.1, 0.15) is 57.8 Å². The predicted molar refractivity (Wildman–Crippen MR) is 93.8 cm³/mol. The number of carbonyl (C=O) groups is 2. The molecule has 6 heteroatoms. The summed E-state index contributed by atoms with van der Waals surface area (Å²) in [5, 5.41) is 15.6. The quantitative estimate of drug-likeness (QED) is 0.632. The van der Waals surface area contributed by atoms with Gasteiger partial charge in [0.2, 0.25) is 11.8 Å². The maximum Gasteiger partial charge on any atom is 0.223 e. The third kappa shape index (κ3) is 5.05. The van der Waals surface area contributed by atoms with Gasteiger partial charge in [-0.25, -0.2) is 0 Å². The van der Waals surface area contributed by atoms with Crippen LogP contribution < -0.4 is 10.6 Å². The molecule has 1 heterocycles. The summed E-state index contributed by atoms with van der Waals surface area (Å²) in [4.78, 5) is 24.3. The van der Waals surface area contributed by atoms with Crippen molar-refractivity contribution in [3.63, 3.8) is 0 Å². The second-order valence-electron chi connectivity index (χ2n) is 7.55. The lowest BCUT2D eigenvalue weighted by atomic mass is 9.84. The number of hydrogen-bond acceptors (Lipinski definition) is 4. The van der Waals surface area contributed by atoms with E-state index in [1.54, 1.807) is 0 Å². The number of nitrogens with one attached hydrogen (secondary N) is 2. The average molecular weight is 350 g/mol. The second kappa shape index (κ2) is 8.81. The monoisotopic (exact) mass is 350 g/mol. The normalized spacial score (nSPS) is 30.5. The highest BCUT2D eigenvalue weighted by molar-refractivity contribution is 5.80. The molecule has 3 atom stereocenters. The summed E-state index contributed by atoms with van der Waals surface area (Å²) in [7, 11) is 0. The molecule has 0 aromatic rings. The van der Waals surface area contributed by atoms with Crippen molar-refractivity contribution in [3.8, 4) is 0 Å². The van der Waals surface area contributed by atoms with E-state index in [4.69, 9.17) is 4.74 Å². The van der Waals surface area contributed by atoms with Crippen molar-refractivity contribution in [1.29, 1.82) is 0 Å². The molecule has 3 aliphatic rings. The van der Waals surface area contributed by atoms with Gasteiger partial charge in [0.25, 0.3) is 0 Å². The van der Waals surface area contributed by atoms with Gasteiger partial charge in [-0.1, -0.05) is 37.8 Å². The molecule has 0 unspecified atom stereocenters. The van der Waals surface area contributed by atoms with Crippen molar-refractivity contribution in [2.45, 2.75) is 82.1 Å². The maximum absolute atomic E-state index is 12.2. The fraction of sp³-hybridized carbons (Fsp3) is 0.789. The minimum Gasteiger partial charge on any atom is -0.394 e. The molecule has 0 aromatic heterocycles. The lowest BCUT2D eigenvalue weighted by molar-refractivity contribution is -0.132. The van der Waals surface area contributed by atoms with Gasteiger partial charge in [-0.15, -0.1) is 0 Å². The zero-order valence-electron chi connectivity index (χ0n) is 14.8. The maximum atomic E-state index is 12.2. The molecule has 2 aliphatic carbocycles. The van der Waals surface area contributed by atoms with Crippen LogP contribution in [0, 0.1) is 5.92 Å². The van der Waals surface area contributed by atoms with Crippen molar-refractivity contribution < 1.29 is 19.4 Å². The second-order valence-corrected chi connectivity index (χ2v) is 7.55. The van der Waals surface area contributed by atoms with E-state index in [-0.39, 0.29) is 48.9 Å². The highest BCUT2D eigenvalue weighted by Crippen LogP contribution is 2.27. The Balaban J connectivity index is 1.47. The molecule has 25 heavy (non-hydrogen) atoms. The number of carbonyl (C=O) groups excluding carboxylic acids is 2. The number of aliphatic hydroxyl groups excluding tert-OH is 1. The van der Waals surface area contributed by atoms with Crippen LogP contribution in [-0.2, 0) is 14.3 Å². The Hall–Kier alpha value is -1.40. The van der Waals surface area contributed by atoms with Gasteiger partial charge in [-0.05, 0) is 25.7 Å². The van der Waals surface area contributed by atoms with Gasteiger partial charge in [0.05, 0.1) is 25.2 Å². The summed E-state index contributed by atoms with van der Waals surface area (Å²) in [6, 6.07) is -0.0345. The van der Waals surface area contributed by atoms with E-state index >= 15 is 0 Å². The van der Waals surface area contributed by atoms with Crippen LogP contribution in [0.2, 0.25) is 0 Å². The lowest BCUT2D eigenvalue weighted by Crippen LogP contribution is -2.51. The molecule has 2 saturated carbocycles. The molecule has 0 radical (unpaired) electrons. The summed E-state index contributed by atoms with van der Waals surface area (Å²) < 4.78 is 5.83. The molecule has 0 spiro atoms. The van der Waals surface area contributed by atoms with E-state index in [0.717, 1.165) is 32.1 Å². The summed E-state index contributed by atoms with van der Waals surface area (Å²) >= 11 is 0. The molecular weight excluding hydrogens is 320 g/mol. The SMILES string of the molecule is O=C(C[C@H]1C=C[C@H](NC(=O)C2CCC2)[C@@H](CO)O1)NC1CCCCC1. The van der Waals surface area contributed by atoms with Gasteiger partial charge in [-0.2, -0.15) is 0 Å². The summed E-state index contributed by atoms with van der Waals surface area (Å²) in [5.74, 6) is 0.137. The topological polar surface area (TPSA) is 87.7 Å². The van der Waals surface area contributed by atoms with Crippen molar-refractivity contribution in [2.24, 2.45) is 5.92 Å². The predicted octanol–water partition coefficient (Wildman–Crippen LogP) is 1.43. The zero-order valence-corrected chi connectivity index (χ0v) is 14.8. The Kier molecular flexibility index (Phi) is 6.48. The Morgan fingerprint density at radius 1 is 1.00 bits per heavy atom. The van der Waals surface area contributed by atoms with Crippen molar-refractivity contribution in [3.05, 3.63) is 12.2 Å². The number of aliphatic hydroxyl groups is 1. The Morgan fingerprint density at radius 3 is 2.40 bits per heavy atom. The number of ether oxygens (including phenoxy) is 1. The van der Waals surface area contributed by atoms with Gasteiger partial charge in [0.1, 0.15) is 6.10 Å². The van der Waals surface area contributed by atoms with E-state index in [2.05, 4.69) is 10.6 Å². The standard InChI is InChI=1S/C19H30N2O4/c22-12-17-16(21-19(24)13-5-4-6-13)10-9-15(25-17)11-18(23)20-14-7-2-1-3-8-14/h9-10,13-17,22H,1-8,11-12H2,(H,20,23)(H,21,24)/t15-,16+,17-/m1/s1. The van der Waals surface area contributed by atoms with Crippen LogP contribution in [0.5, 0.6) is 0 Å². The third-order valence-electron chi connectivity index (χ3n) is 5.60. The van der Waals surface area contributed by atoms with E-state index in [0.29, 0.717) is 0 Å². The molecule has 2 fully saturated rings. The van der Waals surface area contributed by atoms with Crippen molar-refractivity contribution in [1.82, 2.24) is 10.6 Å².